The first-order valence-corrected chi connectivity index (χ1v) is 10.2. The lowest BCUT2D eigenvalue weighted by atomic mass is 10.3. The zero-order chi connectivity index (χ0) is 18.3. The number of likely N-dealkylation sites (N-methyl/N-ethyl adjacent to an activating group) is 1. The Kier molecular flexibility index (Phi) is 7.22. The van der Waals surface area contributed by atoms with E-state index in [1.165, 1.54) is 17.0 Å². The van der Waals surface area contributed by atoms with Crippen LogP contribution in [-0.4, -0.2) is 65.6 Å². The molecule has 1 aliphatic rings. The van der Waals surface area contributed by atoms with Crippen LogP contribution in [0.4, 0.5) is 0 Å². The lowest BCUT2D eigenvalue weighted by molar-refractivity contribution is -0.883. The topological polar surface area (TPSA) is 80.1 Å². The fourth-order valence-electron chi connectivity index (χ4n) is 2.56. The lowest BCUT2D eigenvalue weighted by Gasteiger charge is -2.29. The molecule has 25 heavy (non-hydrogen) atoms. The highest BCUT2D eigenvalue weighted by Crippen LogP contribution is 2.16. The molecule has 2 rings (SSSR count). The number of hydrogen-bond donors (Lipinski definition) is 2. The summed E-state index contributed by atoms with van der Waals surface area (Å²) in [5.74, 6) is 0.450. The van der Waals surface area contributed by atoms with Gasteiger partial charge in [-0.1, -0.05) is 13.3 Å². The van der Waals surface area contributed by atoms with Crippen molar-refractivity contribution in [1.29, 1.82) is 0 Å². The normalized spacial score (nSPS) is 16.0. The molecular formula is C17H28N3O4S+. The van der Waals surface area contributed by atoms with E-state index in [0.29, 0.717) is 12.3 Å². The molecule has 2 N–H and O–H groups in total. The Morgan fingerprint density at radius 1 is 1.24 bits per heavy atom. The third-order valence-corrected chi connectivity index (χ3v) is 5.77. The van der Waals surface area contributed by atoms with Crippen LogP contribution < -0.4 is 14.4 Å². The van der Waals surface area contributed by atoms with Crippen LogP contribution in [0.2, 0.25) is 0 Å². The highest BCUT2D eigenvalue weighted by molar-refractivity contribution is 7.89. The number of carbonyl (C=O) groups is 1. The maximum Gasteiger partial charge on any atom is 0.260 e. The van der Waals surface area contributed by atoms with Crippen molar-refractivity contribution in [2.75, 3.05) is 46.4 Å². The highest BCUT2D eigenvalue weighted by Gasteiger charge is 2.21. The van der Waals surface area contributed by atoms with E-state index in [0.717, 1.165) is 39.0 Å². The van der Waals surface area contributed by atoms with Gasteiger partial charge in [-0.15, -0.1) is 0 Å². The second-order valence-electron chi connectivity index (χ2n) is 6.35. The summed E-state index contributed by atoms with van der Waals surface area (Å²) in [6.45, 7) is 5.79. The maximum atomic E-state index is 12.1. The van der Waals surface area contributed by atoms with Crippen molar-refractivity contribution in [3.8, 4) is 5.75 Å². The van der Waals surface area contributed by atoms with Crippen LogP contribution in [0.15, 0.2) is 29.2 Å². The van der Waals surface area contributed by atoms with Crippen LogP contribution in [-0.2, 0) is 14.8 Å². The van der Waals surface area contributed by atoms with Crippen LogP contribution in [0.25, 0.3) is 0 Å². The summed E-state index contributed by atoms with van der Waals surface area (Å²) in [4.78, 5) is 15.6. The molecular weight excluding hydrogens is 342 g/mol. The van der Waals surface area contributed by atoms with Crippen molar-refractivity contribution in [3.63, 3.8) is 0 Å². The fourth-order valence-corrected chi connectivity index (χ4v) is 3.63. The summed E-state index contributed by atoms with van der Waals surface area (Å²) < 4.78 is 32.3. The maximum absolute atomic E-state index is 12.1. The van der Waals surface area contributed by atoms with Gasteiger partial charge >= 0.3 is 0 Å². The predicted octanol–water partition coefficient (Wildman–Crippen LogP) is -0.499. The van der Waals surface area contributed by atoms with Crippen molar-refractivity contribution in [2.45, 2.75) is 24.7 Å². The standard InChI is InChI=1S/C17H27N3O4S/c1-3-4-9-18-25(22,23)16-7-5-15(6-8-16)24-14-17(21)20-12-10-19(2)11-13-20/h5-8,18H,3-4,9-14H2,1-2H3/p+1. The highest BCUT2D eigenvalue weighted by atomic mass is 32.2. The van der Waals surface area contributed by atoms with E-state index in [2.05, 4.69) is 11.8 Å². The first kappa shape index (κ1) is 19.7. The fraction of sp³-hybridized carbons (Fsp3) is 0.588. The van der Waals surface area contributed by atoms with Gasteiger partial charge in [0.15, 0.2) is 6.61 Å². The smallest absolute Gasteiger partial charge is 0.260 e. The molecule has 8 heteroatoms. The molecule has 1 aliphatic heterocycles. The molecule has 1 aromatic rings. The number of ether oxygens (including phenoxy) is 1. The van der Waals surface area contributed by atoms with Crippen molar-refractivity contribution in [3.05, 3.63) is 24.3 Å². The molecule has 1 saturated heterocycles. The summed E-state index contributed by atoms with van der Waals surface area (Å²) >= 11 is 0. The minimum Gasteiger partial charge on any atom is -0.484 e. The van der Waals surface area contributed by atoms with Crippen LogP contribution >= 0.6 is 0 Å². The zero-order valence-corrected chi connectivity index (χ0v) is 15.8. The third kappa shape index (κ3) is 5.98. The van der Waals surface area contributed by atoms with E-state index in [1.807, 2.05) is 11.8 Å². The Labute approximate surface area is 150 Å². The molecule has 140 valence electrons. The van der Waals surface area contributed by atoms with Gasteiger partial charge in [0.05, 0.1) is 38.1 Å². The van der Waals surface area contributed by atoms with Gasteiger partial charge in [0, 0.05) is 6.54 Å². The van der Waals surface area contributed by atoms with Crippen molar-refractivity contribution in [2.24, 2.45) is 0 Å². The predicted molar refractivity (Wildman–Crippen MR) is 95.2 cm³/mol. The van der Waals surface area contributed by atoms with Crippen LogP contribution in [0.1, 0.15) is 19.8 Å². The van der Waals surface area contributed by atoms with E-state index < -0.39 is 10.0 Å². The van der Waals surface area contributed by atoms with Crippen LogP contribution in [0, 0.1) is 0 Å². The van der Waals surface area contributed by atoms with E-state index in [9.17, 15) is 13.2 Å². The Hall–Kier alpha value is -1.64. The van der Waals surface area contributed by atoms with E-state index in [1.54, 1.807) is 12.1 Å². The number of hydrogen-bond acceptors (Lipinski definition) is 4. The summed E-state index contributed by atoms with van der Waals surface area (Å²) in [5, 5.41) is 0. The monoisotopic (exact) mass is 370 g/mol. The Morgan fingerprint density at radius 2 is 1.88 bits per heavy atom. The molecule has 0 spiro atoms. The molecule has 1 aromatic carbocycles. The number of amides is 1. The van der Waals surface area contributed by atoms with Crippen LogP contribution in [0.5, 0.6) is 5.75 Å². The number of sulfonamides is 1. The van der Waals surface area contributed by atoms with Gasteiger partial charge < -0.3 is 14.5 Å². The summed E-state index contributed by atoms with van der Waals surface area (Å²) in [5.41, 5.74) is 0. The molecule has 0 saturated carbocycles. The molecule has 7 nitrogen and oxygen atoms in total. The number of unbranched alkanes of at least 4 members (excludes halogenated alkanes) is 1. The number of rotatable bonds is 8. The molecule has 0 unspecified atom stereocenters. The summed E-state index contributed by atoms with van der Waals surface area (Å²) in [7, 11) is -1.37. The Morgan fingerprint density at radius 3 is 2.48 bits per heavy atom. The largest absolute Gasteiger partial charge is 0.484 e. The van der Waals surface area contributed by atoms with Crippen molar-refractivity contribution < 1.29 is 22.8 Å². The molecule has 1 heterocycles. The minimum atomic E-state index is -3.49. The van der Waals surface area contributed by atoms with Gasteiger partial charge in [0.2, 0.25) is 10.0 Å². The van der Waals surface area contributed by atoms with Crippen molar-refractivity contribution in [1.82, 2.24) is 9.62 Å². The molecule has 0 aliphatic carbocycles. The van der Waals surface area contributed by atoms with Crippen molar-refractivity contribution >= 4 is 15.9 Å². The Bertz CT molecular complexity index is 653. The number of benzene rings is 1. The van der Waals surface area contributed by atoms with Gasteiger partial charge in [-0.3, -0.25) is 4.79 Å². The minimum absolute atomic E-state index is 0.0279. The third-order valence-electron chi connectivity index (χ3n) is 4.29. The second-order valence-corrected chi connectivity index (χ2v) is 8.12. The molecule has 0 radical (unpaired) electrons. The van der Waals surface area contributed by atoms with E-state index in [-0.39, 0.29) is 17.4 Å². The SMILES string of the molecule is CCCCNS(=O)(=O)c1ccc(OCC(=O)N2CC[NH+](C)CC2)cc1. The molecule has 0 bridgehead atoms. The van der Waals surface area contributed by atoms with Gasteiger partial charge in [-0.2, -0.15) is 0 Å². The molecule has 1 amide bonds. The van der Waals surface area contributed by atoms with Crippen LogP contribution in [0.3, 0.4) is 0 Å². The van der Waals surface area contributed by atoms with Gasteiger partial charge in [0.25, 0.3) is 5.91 Å². The number of quaternary nitrogens is 1. The molecule has 1 fully saturated rings. The first-order chi connectivity index (χ1) is 11.9. The quantitative estimate of drug-likeness (QED) is 0.605. The average molecular weight is 370 g/mol. The molecule has 0 atom stereocenters. The lowest BCUT2D eigenvalue weighted by Crippen LogP contribution is -3.12. The molecule has 0 aromatic heterocycles. The summed E-state index contributed by atoms with van der Waals surface area (Å²) in [6.07, 6.45) is 1.73. The number of piperazine rings is 1. The number of nitrogens with one attached hydrogen (secondary N) is 2. The summed E-state index contributed by atoms with van der Waals surface area (Å²) in [6, 6.07) is 6.15. The van der Waals surface area contributed by atoms with E-state index in [4.69, 9.17) is 4.74 Å². The van der Waals surface area contributed by atoms with Gasteiger partial charge in [-0.25, -0.2) is 13.1 Å². The second kappa shape index (κ2) is 9.17. The first-order valence-electron chi connectivity index (χ1n) is 8.74. The van der Waals surface area contributed by atoms with Gasteiger partial charge in [-0.05, 0) is 30.7 Å². The van der Waals surface area contributed by atoms with E-state index >= 15 is 0 Å². The number of carbonyl (C=O) groups excluding carboxylic acids is 1. The number of nitrogens with zero attached hydrogens (tertiary/aromatic N) is 1. The average Bonchev–Trinajstić information content (AvgIpc) is 2.61. The zero-order valence-electron chi connectivity index (χ0n) is 15.0. The van der Waals surface area contributed by atoms with Gasteiger partial charge in [0.1, 0.15) is 5.75 Å². The Balaban J connectivity index is 1.84.